The van der Waals surface area contributed by atoms with E-state index in [0.29, 0.717) is 16.0 Å². The van der Waals surface area contributed by atoms with Crippen LogP contribution in [0.25, 0.3) is 11.0 Å². The van der Waals surface area contributed by atoms with E-state index in [1.54, 1.807) is 6.07 Å². The number of fused-ring (bicyclic) bond motifs is 1. The van der Waals surface area contributed by atoms with Crippen LogP contribution in [0.3, 0.4) is 0 Å². The molecule has 0 atom stereocenters. The third-order valence-electron chi connectivity index (χ3n) is 1.82. The predicted octanol–water partition coefficient (Wildman–Crippen LogP) is 2.49. The Morgan fingerprint density at radius 2 is 2.14 bits per heavy atom. The van der Waals surface area contributed by atoms with Crippen LogP contribution in [0.4, 0.5) is 0 Å². The Kier molecular flexibility index (Phi) is 1.86. The van der Waals surface area contributed by atoms with Crippen molar-refractivity contribution in [3.8, 4) is 5.75 Å². The van der Waals surface area contributed by atoms with Crippen molar-refractivity contribution in [1.82, 2.24) is 0 Å². The first-order valence-electron chi connectivity index (χ1n) is 3.74. The smallest absolute Gasteiger partial charge is 0.375 e. The Morgan fingerprint density at radius 3 is 2.79 bits per heavy atom. The van der Waals surface area contributed by atoms with Gasteiger partial charge in [0.05, 0.1) is 5.39 Å². The van der Waals surface area contributed by atoms with E-state index in [0.717, 1.165) is 0 Å². The Bertz CT molecular complexity index is 515. The van der Waals surface area contributed by atoms with Crippen LogP contribution < -0.4 is 0 Å². The number of hydrogen-bond acceptors (Lipinski definition) is 3. The summed E-state index contributed by atoms with van der Waals surface area (Å²) in [4.78, 5) is 10.6. The molecule has 1 aromatic heterocycles. The summed E-state index contributed by atoms with van der Waals surface area (Å²) >= 11 is 5.68. The summed E-state index contributed by atoms with van der Waals surface area (Å²) in [5, 5.41) is 18.8. The summed E-state index contributed by atoms with van der Waals surface area (Å²) in [6, 6.07) is 4.50. The lowest BCUT2D eigenvalue weighted by Crippen LogP contribution is -1.92. The maximum absolute atomic E-state index is 10.6. The van der Waals surface area contributed by atoms with Gasteiger partial charge in [0.25, 0.3) is 5.76 Å². The molecule has 4 nitrogen and oxygen atoms in total. The molecule has 0 radical (unpaired) electrons. The van der Waals surface area contributed by atoms with Crippen LogP contribution in [0.5, 0.6) is 5.75 Å². The molecule has 0 bridgehead atoms. The molecular weight excluding hydrogens is 208 g/mol. The fourth-order valence-electron chi connectivity index (χ4n) is 1.20. The molecule has 2 rings (SSSR count). The highest BCUT2D eigenvalue weighted by atomic mass is 35.5. The molecule has 0 fully saturated rings. The van der Waals surface area contributed by atoms with Gasteiger partial charge in [0.15, 0.2) is 5.75 Å². The Hall–Kier alpha value is -1.68. The lowest BCUT2D eigenvalue weighted by Gasteiger charge is -1.89. The second-order valence-electron chi connectivity index (χ2n) is 2.73. The summed E-state index contributed by atoms with van der Waals surface area (Å²) in [7, 11) is 0. The highest BCUT2D eigenvalue weighted by molar-refractivity contribution is 6.31. The molecule has 0 saturated carbocycles. The minimum atomic E-state index is -1.31. The van der Waals surface area contributed by atoms with Crippen molar-refractivity contribution in [1.29, 1.82) is 0 Å². The largest absolute Gasteiger partial charge is 0.504 e. The van der Waals surface area contributed by atoms with Gasteiger partial charge in [-0.25, -0.2) is 4.79 Å². The number of carboxylic acids is 1. The Balaban J connectivity index is 2.80. The van der Waals surface area contributed by atoms with E-state index in [4.69, 9.17) is 21.1 Å². The first kappa shape index (κ1) is 8.90. The molecule has 0 spiro atoms. The maximum atomic E-state index is 10.6. The molecule has 0 aliphatic rings. The Labute approximate surface area is 83.3 Å². The summed E-state index contributed by atoms with van der Waals surface area (Å²) in [5.74, 6) is -2.17. The van der Waals surface area contributed by atoms with E-state index >= 15 is 0 Å². The molecular formula is C9H5ClO4. The third-order valence-corrected chi connectivity index (χ3v) is 2.05. The normalized spacial score (nSPS) is 10.6. The van der Waals surface area contributed by atoms with Gasteiger partial charge in [0, 0.05) is 5.02 Å². The van der Waals surface area contributed by atoms with Crippen LogP contribution in [0.2, 0.25) is 5.02 Å². The molecule has 0 aliphatic heterocycles. The van der Waals surface area contributed by atoms with Crippen LogP contribution in [0, 0.1) is 0 Å². The van der Waals surface area contributed by atoms with E-state index < -0.39 is 17.5 Å². The molecule has 72 valence electrons. The number of rotatable bonds is 1. The first-order valence-corrected chi connectivity index (χ1v) is 4.11. The molecule has 1 heterocycles. The number of halogens is 1. The van der Waals surface area contributed by atoms with Gasteiger partial charge in [-0.3, -0.25) is 0 Å². The van der Waals surface area contributed by atoms with Crippen LogP contribution >= 0.6 is 11.6 Å². The van der Waals surface area contributed by atoms with Crippen molar-refractivity contribution in [3.63, 3.8) is 0 Å². The van der Waals surface area contributed by atoms with Crippen molar-refractivity contribution in [3.05, 3.63) is 29.0 Å². The lowest BCUT2D eigenvalue weighted by molar-refractivity contribution is 0.0660. The molecule has 2 N–H and O–H groups in total. The van der Waals surface area contributed by atoms with Crippen molar-refractivity contribution in [2.24, 2.45) is 0 Å². The average Bonchev–Trinajstić information content (AvgIpc) is 2.44. The fourth-order valence-corrected chi connectivity index (χ4v) is 1.37. The van der Waals surface area contributed by atoms with Gasteiger partial charge in [-0.15, -0.1) is 0 Å². The van der Waals surface area contributed by atoms with Crippen molar-refractivity contribution in [2.75, 3.05) is 0 Å². The second kappa shape index (κ2) is 2.92. The van der Waals surface area contributed by atoms with Gasteiger partial charge in [-0.2, -0.15) is 0 Å². The van der Waals surface area contributed by atoms with Crippen LogP contribution in [-0.2, 0) is 0 Å². The van der Waals surface area contributed by atoms with E-state index in [2.05, 4.69) is 0 Å². The quantitative estimate of drug-likeness (QED) is 0.762. The third kappa shape index (κ3) is 1.20. The van der Waals surface area contributed by atoms with Gasteiger partial charge < -0.3 is 14.6 Å². The van der Waals surface area contributed by atoms with Crippen LogP contribution in [0.15, 0.2) is 22.6 Å². The van der Waals surface area contributed by atoms with E-state index in [9.17, 15) is 9.90 Å². The number of carboxylic acid groups (broad SMARTS) is 1. The van der Waals surface area contributed by atoms with Crippen LogP contribution in [0.1, 0.15) is 10.6 Å². The standard InChI is InChI=1S/C9H5ClO4/c10-4-1-2-6-5(3-4)7(11)8(14-6)9(12)13/h1-3,11H,(H,12,13). The SMILES string of the molecule is O=C(O)c1oc2ccc(Cl)cc2c1O. The number of hydrogen-bond donors (Lipinski definition) is 2. The number of aromatic carboxylic acids is 1. The first-order chi connectivity index (χ1) is 6.59. The van der Waals surface area contributed by atoms with E-state index in [-0.39, 0.29) is 0 Å². The summed E-state index contributed by atoms with van der Waals surface area (Å²) in [6.07, 6.45) is 0. The average molecular weight is 213 g/mol. The van der Waals surface area contributed by atoms with Crippen molar-refractivity contribution < 1.29 is 19.4 Å². The molecule has 1 aromatic carbocycles. The highest BCUT2D eigenvalue weighted by Crippen LogP contribution is 2.33. The predicted molar refractivity (Wildman–Crippen MR) is 49.8 cm³/mol. The zero-order valence-corrected chi connectivity index (χ0v) is 7.58. The summed E-state index contributed by atoms with van der Waals surface area (Å²) in [5.41, 5.74) is 0.296. The van der Waals surface area contributed by atoms with Crippen LogP contribution in [-0.4, -0.2) is 16.2 Å². The topological polar surface area (TPSA) is 70.7 Å². The molecule has 14 heavy (non-hydrogen) atoms. The molecule has 0 amide bonds. The summed E-state index contributed by atoms with van der Waals surface area (Å²) in [6.45, 7) is 0. The lowest BCUT2D eigenvalue weighted by atomic mass is 10.2. The van der Waals surface area contributed by atoms with Gasteiger partial charge in [0.1, 0.15) is 5.58 Å². The van der Waals surface area contributed by atoms with Gasteiger partial charge in [-0.05, 0) is 18.2 Å². The minimum Gasteiger partial charge on any atom is -0.504 e. The molecule has 0 unspecified atom stereocenters. The zero-order valence-electron chi connectivity index (χ0n) is 6.82. The van der Waals surface area contributed by atoms with Gasteiger partial charge >= 0.3 is 5.97 Å². The summed E-state index contributed by atoms with van der Waals surface area (Å²) < 4.78 is 4.91. The number of furan rings is 1. The minimum absolute atomic E-state index is 0.296. The number of benzene rings is 1. The monoisotopic (exact) mass is 212 g/mol. The van der Waals surface area contributed by atoms with Crippen molar-refractivity contribution in [2.45, 2.75) is 0 Å². The Morgan fingerprint density at radius 1 is 1.43 bits per heavy atom. The maximum Gasteiger partial charge on any atom is 0.375 e. The molecule has 0 aliphatic carbocycles. The van der Waals surface area contributed by atoms with Crippen molar-refractivity contribution >= 4 is 28.5 Å². The van der Waals surface area contributed by atoms with E-state index in [1.807, 2.05) is 0 Å². The molecule has 5 heteroatoms. The second-order valence-corrected chi connectivity index (χ2v) is 3.16. The molecule has 2 aromatic rings. The number of carbonyl (C=O) groups is 1. The molecule has 0 saturated heterocycles. The van der Waals surface area contributed by atoms with Gasteiger partial charge in [0.2, 0.25) is 0 Å². The zero-order chi connectivity index (χ0) is 10.3. The fraction of sp³-hybridized carbons (Fsp3) is 0. The number of aromatic hydroxyl groups is 1. The highest BCUT2D eigenvalue weighted by Gasteiger charge is 2.19. The van der Waals surface area contributed by atoms with Gasteiger partial charge in [-0.1, -0.05) is 11.6 Å². The van der Waals surface area contributed by atoms with E-state index in [1.165, 1.54) is 12.1 Å².